The number of anilines is 1. The van der Waals surface area contributed by atoms with E-state index in [-0.39, 0.29) is 12.0 Å². The highest BCUT2D eigenvalue weighted by molar-refractivity contribution is 6.04. The molecule has 0 aliphatic rings. The molecule has 1 aromatic heterocycles. The molecule has 1 aromatic carbocycles. The Hall–Kier alpha value is -2.30. The number of aromatic nitrogens is 2. The number of rotatable bonds is 4. The summed E-state index contributed by atoms with van der Waals surface area (Å²) in [7, 11) is 0. The van der Waals surface area contributed by atoms with Gasteiger partial charge in [0.15, 0.2) is 5.82 Å². The predicted octanol–water partition coefficient (Wildman–Crippen LogP) is 3.07. The van der Waals surface area contributed by atoms with Crippen molar-refractivity contribution in [3.8, 4) is 5.75 Å². The number of hydrogen-bond acceptors (Lipinski definition) is 3. The number of nitrogens with one attached hydrogen (secondary N) is 2. The summed E-state index contributed by atoms with van der Waals surface area (Å²) >= 11 is 0. The van der Waals surface area contributed by atoms with E-state index in [1.807, 2.05) is 33.8 Å². The Bertz CT molecular complexity index is 617. The van der Waals surface area contributed by atoms with Crippen molar-refractivity contribution in [2.75, 3.05) is 5.32 Å². The van der Waals surface area contributed by atoms with Crippen LogP contribution in [0.5, 0.6) is 5.75 Å². The average Bonchev–Trinajstić information content (AvgIpc) is 2.70. The van der Waals surface area contributed by atoms with Crippen molar-refractivity contribution in [1.82, 2.24) is 10.2 Å². The van der Waals surface area contributed by atoms with E-state index in [4.69, 9.17) is 4.74 Å². The second-order valence-electron chi connectivity index (χ2n) is 4.97. The van der Waals surface area contributed by atoms with Crippen LogP contribution in [-0.2, 0) is 0 Å². The number of carbonyl (C=O) groups is 1. The molecule has 0 fully saturated rings. The van der Waals surface area contributed by atoms with Crippen molar-refractivity contribution in [2.24, 2.45) is 0 Å². The van der Waals surface area contributed by atoms with Gasteiger partial charge in [0.25, 0.3) is 5.91 Å². The summed E-state index contributed by atoms with van der Waals surface area (Å²) in [4.78, 5) is 12.2. The fraction of sp³-hybridized carbons (Fsp3) is 0.333. The first kappa shape index (κ1) is 14.1. The Morgan fingerprint density at radius 3 is 2.70 bits per heavy atom. The molecule has 0 radical (unpaired) electrons. The van der Waals surface area contributed by atoms with Crippen LogP contribution in [0.1, 0.15) is 35.5 Å². The van der Waals surface area contributed by atoms with Gasteiger partial charge in [-0.3, -0.25) is 9.89 Å². The van der Waals surface area contributed by atoms with Gasteiger partial charge >= 0.3 is 0 Å². The molecular weight excluding hydrogens is 254 g/mol. The lowest BCUT2D eigenvalue weighted by molar-refractivity contribution is 0.102. The summed E-state index contributed by atoms with van der Waals surface area (Å²) in [6, 6.07) is 7.11. The zero-order valence-electron chi connectivity index (χ0n) is 12.2. The number of ether oxygens (including phenoxy) is 1. The maximum absolute atomic E-state index is 12.2. The van der Waals surface area contributed by atoms with Crippen LogP contribution in [0.2, 0.25) is 0 Å². The molecule has 20 heavy (non-hydrogen) atoms. The van der Waals surface area contributed by atoms with Crippen LogP contribution in [0.15, 0.2) is 24.3 Å². The zero-order chi connectivity index (χ0) is 14.7. The van der Waals surface area contributed by atoms with Crippen molar-refractivity contribution in [3.63, 3.8) is 0 Å². The van der Waals surface area contributed by atoms with Gasteiger partial charge in [0.2, 0.25) is 0 Å². The van der Waals surface area contributed by atoms with Crippen molar-refractivity contribution in [2.45, 2.75) is 33.8 Å². The second kappa shape index (κ2) is 5.77. The van der Waals surface area contributed by atoms with Crippen molar-refractivity contribution >= 4 is 11.7 Å². The lowest BCUT2D eigenvalue weighted by atomic mass is 10.2. The molecule has 2 aromatic rings. The van der Waals surface area contributed by atoms with Crippen LogP contribution in [0.25, 0.3) is 0 Å². The van der Waals surface area contributed by atoms with Gasteiger partial charge in [0, 0.05) is 16.8 Å². The Kier molecular flexibility index (Phi) is 4.08. The Labute approximate surface area is 118 Å². The number of nitrogens with zero attached hydrogens (tertiary/aromatic N) is 1. The molecule has 2 N–H and O–H groups in total. The molecule has 0 saturated heterocycles. The minimum Gasteiger partial charge on any atom is -0.491 e. The summed E-state index contributed by atoms with van der Waals surface area (Å²) in [6.45, 7) is 7.72. The number of H-pyrrole nitrogens is 1. The van der Waals surface area contributed by atoms with Crippen LogP contribution >= 0.6 is 0 Å². The van der Waals surface area contributed by atoms with Crippen molar-refractivity contribution in [1.29, 1.82) is 0 Å². The van der Waals surface area contributed by atoms with Gasteiger partial charge in [-0.1, -0.05) is 6.07 Å². The Morgan fingerprint density at radius 1 is 1.35 bits per heavy atom. The minimum atomic E-state index is -0.200. The first-order chi connectivity index (χ1) is 9.47. The minimum absolute atomic E-state index is 0.0737. The zero-order valence-corrected chi connectivity index (χ0v) is 12.2. The summed E-state index contributed by atoms with van der Waals surface area (Å²) in [5.41, 5.74) is 2.42. The van der Waals surface area contributed by atoms with Crippen LogP contribution in [0.3, 0.4) is 0 Å². The number of benzene rings is 1. The molecule has 0 unspecified atom stereocenters. The number of carbonyl (C=O) groups excluding carboxylic acids is 1. The normalized spacial score (nSPS) is 10.7. The molecule has 0 bridgehead atoms. The summed E-state index contributed by atoms with van der Waals surface area (Å²) < 4.78 is 5.58. The van der Waals surface area contributed by atoms with Gasteiger partial charge in [0.1, 0.15) is 5.75 Å². The molecule has 0 saturated carbocycles. The second-order valence-corrected chi connectivity index (χ2v) is 4.97. The SMILES string of the molecule is Cc1[nH]nc(NC(=O)c2cccc(OC(C)C)c2)c1C. The third kappa shape index (κ3) is 3.17. The van der Waals surface area contributed by atoms with E-state index >= 15 is 0 Å². The molecule has 1 amide bonds. The quantitative estimate of drug-likeness (QED) is 0.899. The average molecular weight is 273 g/mol. The van der Waals surface area contributed by atoms with Gasteiger partial charge in [-0.2, -0.15) is 5.10 Å². The largest absolute Gasteiger partial charge is 0.491 e. The molecule has 106 valence electrons. The molecular formula is C15H19N3O2. The maximum atomic E-state index is 12.2. The Morgan fingerprint density at radius 2 is 2.10 bits per heavy atom. The van der Waals surface area contributed by atoms with Gasteiger partial charge < -0.3 is 10.1 Å². The summed E-state index contributed by atoms with van der Waals surface area (Å²) in [5, 5.41) is 9.70. The van der Waals surface area contributed by atoms with E-state index in [0.29, 0.717) is 17.1 Å². The molecule has 0 spiro atoms. The number of hydrogen-bond donors (Lipinski definition) is 2. The van der Waals surface area contributed by atoms with Gasteiger partial charge in [-0.05, 0) is 45.9 Å². The first-order valence-corrected chi connectivity index (χ1v) is 6.57. The molecule has 1 heterocycles. The number of aromatic amines is 1. The lowest BCUT2D eigenvalue weighted by Gasteiger charge is -2.10. The molecule has 0 aliphatic carbocycles. The van der Waals surface area contributed by atoms with E-state index in [9.17, 15) is 4.79 Å². The molecule has 5 heteroatoms. The monoisotopic (exact) mass is 273 g/mol. The third-order valence-electron chi connectivity index (χ3n) is 2.95. The van der Waals surface area contributed by atoms with Crippen molar-refractivity contribution < 1.29 is 9.53 Å². The molecule has 2 rings (SSSR count). The topological polar surface area (TPSA) is 67.0 Å². The highest BCUT2D eigenvalue weighted by Gasteiger charge is 2.12. The van der Waals surface area contributed by atoms with E-state index in [1.54, 1.807) is 18.2 Å². The van der Waals surface area contributed by atoms with Crippen LogP contribution in [0, 0.1) is 13.8 Å². The third-order valence-corrected chi connectivity index (χ3v) is 2.95. The highest BCUT2D eigenvalue weighted by atomic mass is 16.5. The summed E-state index contributed by atoms with van der Waals surface area (Å²) in [6.07, 6.45) is 0.0737. The first-order valence-electron chi connectivity index (χ1n) is 6.57. The van der Waals surface area contributed by atoms with E-state index in [0.717, 1.165) is 11.3 Å². The molecule has 0 aliphatic heterocycles. The summed E-state index contributed by atoms with van der Waals surface area (Å²) in [5.74, 6) is 1.04. The number of amides is 1. The van der Waals surface area contributed by atoms with E-state index in [2.05, 4.69) is 15.5 Å². The highest BCUT2D eigenvalue weighted by Crippen LogP contribution is 2.18. The molecule has 5 nitrogen and oxygen atoms in total. The number of aryl methyl sites for hydroxylation is 1. The molecule has 0 atom stereocenters. The lowest BCUT2D eigenvalue weighted by Crippen LogP contribution is -2.13. The van der Waals surface area contributed by atoms with Gasteiger partial charge in [-0.15, -0.1) is 0 Å². The smallest absolute Gasteiger partial charge is 0.257 e. The van der Waals surface area contributed by atoms with E-state index < -0.39 is 0 Å². The van der Waals surface area contributed by atoms with E-state index in [1.165, 1.54) is 0 Å². The predicted molar refractivity (Wildman–Crippen MR) is 78.2 cm³/mol. The Balaban J connectivity index is 2.15. The van der Waals surface area contributed by atoms with Crippen LogP contribution < -0.4 is 10.1 Å². The maximum Gasteiger partial charge on any atom is 0.257 e. The van der Waals surface area contributed by atoms with Crippen molar-refractivity contribution in [3.05, 3.63) is 41.1 Å². The van der Waals surface area contributed by atoms with Crippen LogP contribution in [-0.4, -0.2) is 22.2 Å². The van der Waals surface area contributed by atoms with Crippen LogP contribution in [0.4, 0.5) is 5.82 Å². The standard InChI is InChI=1S/C15H19N3O2/c1-9(2)20-13-7-5-6-12(8-13)15(19)16-14-10(3)11(4)17-18-14/h5-9H,1-4H3,(H2,16,17,18,19). The fourth-order valence-corrected chi connectivity index (χ4v) is 1.77. The van der Waals surface area contributed by atoms with Gasteiger partial charge in [-0.25, -0.2) is 0 Å². The fourth-order valence-electron chi connectivity index (χ4n) is 1.77. The van der Waals surface area contributed by atoms with Gasteiger partial charge in [0.05, 0.1) is 6.10 Å².